The van der Waals surface area contributed by atoms with Gasteiger partial charge in [-0.15, -0.1) is 0 Å². The van der Waals surface area contributed by atoms with Gasteiger partial charge in [-0.3, -0.25) is 0 Å². The first-order valence-electron chi connectivity index (χ1n) is 8.57. The third kappa shape index (κ3) is 2.91. The first-order chi connectivity index (χ1) is 10.9. The van der Waals surface area contributed by atoms with Crippen molar-refractivity contribution in [3.05, 3.63) is 29.8 Å². The summed E-state index contributed by atoms with van der Waals surface area (Å²) in [6.45, 7) is 1.94. The van der Waals surface area contributed by atoms with Gasteiger partial charge in [-0.05, 0) is 75.3 Å². The van der Waals surface area contributed by atoms with E-state index in [4.69, 9.17) is 0 Å². The Morgan fingerprint density at radius 3 is 2.09 bits per heavy atom. The fraction of sp³-hybridized carbons (Fsp3) is 0.611. The van der Waals surface area contributed by atoms with Crippen molar-refractivity contribution in [1.82, 2.24) is 4.83 Å². The van der Waals surface area contributed by atoms with E-state index >= 15 is 0 Å². The van der Waals surface area contributed by atoms with Crippen LogP contribution in [0, 0.1) is 30.1 Å². The Bertz CT molecular complexity index is 687. The lowest BCUT2D eigenvalue weighted by atomic mass is 9.50. The Kier molecular flexibility index (Phi) is 3.52. The Morgan fingerprint density at radius 2 is 1.57 bits per heavy atom. The summed E-state index contributed by atoms with van der Waals surface area (Å²) in [6, 6.07) is 6.85. The minimum Gasteiger partial charge on any atom is -0.200 e. The average Bonchev–Trinajstić information content (AvgIpc) is 2.45. The fourth-order valence-electron chi connectivity index (χ4n) is 5.34. The highest BCUT2D eigenvalue weighted by Gasteiger charge is 2.50. The lowest BCUT2D eigenvalue weighted by molar-refractivity contribution is -0.00974. The lowest BCUT2D eigenvalue weighted by Gasteiger charge is -2.55. The van der Waals surface area contributed by atoms with Crippen molar-refractivity contribution >= 4 is 16.2 Å². The van der Waals surface area contributed by atoms with Gasteiger partial charge in [0.2, 0.25) is 0 Å². The van der Waals surface area contributed by atoms with Gasteiger partial charge < -0.3 is 0 Å². The molecule has 4 fully saturated rings. The lowest BCUT2D eigenvalue weighted by Crippen LogP contribution is -2.47. The highest BCUT2D eigenvalue weighted by molar-refractivity contribution is 7.89. The van der Waals surface area contributed by atoms with Gasteiger partial charge in [0.1, 0.15) is 0 Å². The van der Waals surface area contributed by atoms with Crippen molar-refractivity contribution in [3.8, 4) is 0 Å². The molecule has 0 aliphatic heterocycles. The van der Waals surface area contributed by atoms with Crippen molar-refractivity contribution < 1.29 is 8.42 Å². The van der Waals surface area contributed by atoms with Gasteiger partial charge in [0, 0.05) is 11.6 Å². The van der Waals surface area contributed by atoms with E-state index in [1.807, 2.05) is 13.1 Å². The second-order valence-electron chi connectivity index (χ2n) is 7.95. The Balaban J connectivity index is 1.48. The highest BCUT2D eigenvalue weighted by atomic mass is 32.2. The summed E-state index contributed by atoms with van der Waals surface area (Å²) in [5.41, 5.74) is 1.19. The van der Waals surface area contributed by atoms with Crippen LogP contribution in [-0.4, -0.2) is 14.6 Å². The van der Waals surface area contributed by atoms with E-state index in [9.17, 15) is 8.42 Å². The van der Waals surface area contributed by atoms with Crippen molar-refractivity contribution in [2.75, 3.05) is 0 Å². The molecule has 124 valence electrons. The molecule has 0 saturated heterocycles. The van der Waals surface area contributed by atoms with Gasteiger partial charge in [0.05, 0.1) is 4.90 Å². The van der Waals surface area contributed by atoms with Crippen molar-refractivity contribution in [2.45, 2.75) is 50.3 Å². The maximum atomic E-state index is 12.3. The van der Waals surface area contributed by atoms with E-state index in [0.29, 0.717) is 0 Å². The quantitative estimate of drug-likeness (QED) is 0.678. The van der Waals surface area contributed by atoms with Crippen molar-refractivity contribution in [1.29, 1.82) is 0 Å². The van der Waals surface area contributed by atoms with Crippen LogP contribution in [0.1, 0.15) is 44.1 Å². The monoisotopic (exact) mass is 332 g/mol. The van der Waals surface area contributed by atoms with Crippen molar-refractivity contribution in [3.63, 3.8) is 0 Å². The number of aryl methyl sites for hydroxylation is 1. The molecule has 0 unspecified atom stereocenters. The van der Waals surface area contributed by atoms with Crippen LogP contribution in [0.3, 0.4) is 0 Å². The molecule has 23 heavy (non-hydrogen) atoms. The molecule has 0 spiro atoms. The number of hydrogen-bond acceptors (Lipinski definition) is 3. The Labute approximate surface area is 138 Å². The van der Waals surface area contributed by atoms with E-state index in [0.717, 1.165) is 23.3 Å². The zero-order valence-corrected chi connectivity index (χ0v) is 14.3. The van der Waals surface area contributed by atoms with Crippen LogP contribution in [0.15, 0.2) is 34.3 Å². The van der Waals surface area contributed by atoms with Crippen LogP contribution in [0.5, 0.6) is 0 Å². The summed E-state index contributed by atoms with van der Waals surface area (Å²) in [7, 11) is -3.56. The molecule has 4 nitrogen and oxygen atoms in total. The van der Waals surface area contributed by atoms with Gasteiger partial charge in [-0.25, -0.2) is 4.83 Å². The van der Waals surface area contributed by atoms with Crippen LogP contribution in [0.2, 0.25) is 0 Å². The SMILES string of the molecule is Cc1ccc(S(=O)(=O)N/N=C/C23CC4CC(CC(C4)C2)C3)cc1. The molecule has 5 rings (SSSR count). The van der Waals surface area contributed by atoms with E-state index < -0.39 is 10.0 Å². The minimum atomic E-state index is -3.56. The highest BCUT2D eigenvalue weighted by Crippen LogP contribution is 2.59. The maximum Gasteiger partial charge on any atom is 0.276 e. The largest absolute Gasteiger partial charge is 0.276 e. The standard InChI is InChI=1S/C18H24N2O2S/c1-13-2-4-17(5-3-13)23(21,22)20-19-12-18-9-14-6-15(10-18)8-16(7-14)11-18/h2-5,12,14-16,20H,6-11H2,1H3/b19-12+. The summed E-state index contributed by atoms with van der Waals surface area (Å²) in [5.74, 6) is 2.50. The predicted molar refractivity (Wildman–Crippen MR) is 90.6 cm³/mol. The van der Waals surface area contributed by atoms with Gasteiger partial charge in [0.15, 0.2) is 0 Å². The molecule has 0 aromatic heterocycles. The Morgan fingerprint density at radius 1 is 1.04 bits per heavy atom. The smallest absolute Gasteiger partial charge is 0.200 e. The van der Waals surface area contributed by atoms with Crippen LogP contribution in [-0.2, 0) is 10.0 Å². The van der Waals surface area contributed by atoms with E-state index in [1.54, 1.807) is 24.3 Å². The number of rotatable bonds is 4. The summed E-state index contributed by atoms with van der Waals surface area (Å²) in [4.78, 5) is 2.68. The molecular weight excluding hydrogens is 308 g/mol. The number of hydrogen-bond donors (Lipinski definition) is 1. The number of nitrogens with one attached hydrogen (secondary N) is 1. The van der Waals surface area contributed by atoms with Gasteiger partial charge >= 0.3 is 0 Å². The maximum absolute atomic E-state index is 12.3. The summed E-state index contributed by atoms with van der Waals surface area (Å²) < 4.78 is 24.6. The molecule has 1 N–H and O–H groups in total. The van der Waals surface area contributed by atoms with Crippen LogP contribution < -0.4 is 4.83 Å². The van der Waals surface area contributed by atoms with Crippen LogP contribution in [0.4, 0.5) is 0 Å². The third-order valence-corrected chi connectivity index (χ3v) is 7.17. The number of nitrogens with zero attached hydrogens (tertiary/aromatic N) is 1. The zero-order valence-electron chi connectivity index (χ0n) is 13.5. The molecule has 1 aromatic rings. The fourth-order valence-corrected chi connectivity index (χ4v) is 6.13. The first kappa shape index (κ1) is 15.2. The number of sulfonamides is 1. The molecule has 4 aliphatic carbocycles. The number of benzene rings is 1. The summed E-state index contributed by atoms with van der Waals surface area (Å²) in [6.07, 6.45) is 9.62. The molecule has 0 amide bonds. The first-order valence-corrected chi connectivity index (χ1v) is 10.1. The third-order valence-electron chi connectivity index (χ3n) is 5.93. The summed E-state index contributed by atoms with van der Waals surface area (Å²) in [5, 5.41) is 4.17. The minimum absolute atomic E-state index is 0.143. The topological polar surface area (TPSA) is 58.5 Å². The van der Waals surface area contributed by atoms with Crippen molar-refractivity contribution in [2.24, 2.45) is 28.3 Å². The predicted octanol–water partition coefficient (Wildman–Crippen LogP) is 3.48. The molecule has 4 saturated carbocycles. The Hall–Kier alpha value is -1.36. The molecule has 0 atom stereocenters. The second kappa shape index (κ2) is 5.33. The van der Waals surface area contributed by atoms with Crippen LogP contribution >= 0.6 is 0 Å². The molecule has 4 aliphatic rings. The molecule has 1 aromatic carbocycles. The van der Waals surface area contributed by atoms with Crippen LogP contribution in [0.25, 0.3) is 0 Å². The molecule has 0 radical (unpaired) electrons. The zero-order chi connectivity index (χ0) is 16.1. The molecule has 5 heteroatoms. The van der Waals surface area contributed by atoms with Gasteiger partial charge in [-0.1, -0.05) is 17.7 Å². The molecule has 4 bridgehead atoms. The van der Waals surface area contributed by atoms with Gasteiger partial charge in [0.25, 0.3) is 10.0 Å². The molecular formula is C18H24N2O2S. The van der Waals surface area contributed by atoms with E-state index in [-0.39, 0.29) is 10.3 Å². The molecule has 0 heterocycles. The average molecular weight is 332 g/mol. The number of hydrazone groups is 1. The second-order valence-corrected chi connectivity index (χ2v) is 9.61. The summed E-state index contributed by atoms with van der Waals surface area (Å²) >= 11 is 0. The normalized spacial score (nSPS) is 35.8. The van der Waals surface area contributed by atoms with E-state index in [1.165, 1.54) is 38.5 Å². The van der Waals surface area contributed by atoms with E-state index in [2.05, 4.69) is 9.93 Å². The van der Waals surface area contributed by atoms with Gasteiger partial charge in [-0.2, -0.15) is 13.5 Å².